The second-order valence-electron chi connectivity index (χ2n) is 4.87. The minimum absolute atomic E-state index is 0.281. The maximum absolute atomic E-state index is 5.67. The van der Waals surface area contributed by atoms with Crippen molar-refractivity contribution in [2.24, 2.45) is 5.73 Å². The summed E-state index contributed by atoms with van der Waals surface area (Å²) in [5.74, 6) is 0.536. The summed E-state index contributed by atoms with van der Waals surface area (Å²) in [5.41, 5.74) is 10.7. The van der Waals surface area contributed by atoms with Crippen molar-refractivity contribution in [3.63, 3.8) is 0 Å². The molecule has 21 heavy (non-hydrogen) atoms. The Labute approximate surface area is 130 Å². The fourth-order valence-corrected chi connectivity index (χ4v) is 2.37. The van der Waals surface area contributed by atoms with E-state index in [4.69, 9.17) is 18.0 Å². The van der Waals surface area contributed by atoms with Gasteiger partial charge in [0.25, 0.3) is 0 Å². The van der Waals surface area contributed by atoms with Crippen molar-refractivity contribution in [1.82, 2.24) is 9.97 Å². The molecule has 0 spiro atoms. The number of hydrogen-bond acceptors (Lipinski definition) is 4. The van der Waals surface area contributed by atoms with Gasteiger partial charge in [-0.05, 0) is 37.0 Å². The van der Waals surface area contributed by atoms with E-state index in [2.05, 4.69) is 47.3 Å². The lowest BCUT2D eigenvalue weighted by atomic mass is 10.0. The number of hydrogen-bond donors (Lipinski definition) is 2. The summed E-state index contributed by atoms with van der Waals surface area (Å²) < 4.78 is 0. The van der Waals surface area contributed by atoms with Gasteiger partial charge in [-0.3, -0.25) is 0 Å². The topological polar surface area (TPSA) is 63.8 Å². The third kappa shape index (κ3) is 3.55. The Morgan fingerprint density at radius 2 is 1.81 bits per heavy atom. The first-order valence-electron chi connectivity index (χ1n) is 7.08. The molecule has 0 unspecified atom stereocenters. The monoisotopic (exact) mass is 300 g/mol. The average Bonchev–Trinajstić information content (AvgIpc) is 2.46. The van der Waals surface area contributed by atoms with Gasteiger partial charge < -0.3 is 11.1 Å². The molecule has 1 heterocycles. The standard InChI is InChI=1S/C16H20N4S/c1-4-11-7-6-8-12(5-2)14(11)20-16-18-10(3)9-13(19-16)15(17)21/h6-9H,4-5H2,1-3H3,(H2,17,21)(H,18,19,20). The maximum Gasteiger partial charge on any atom is 0.228 e. The van der Waals surface area contributed by atoms with E-state index in [1.54, 1.807) is 6.07 Å². The van der Waals surface area contributed by atoms with E-state index in [1.165, 1.54) is 11.1 Å². The molecule has 0 radical (unpaired) electrons. The average molecular weight is 300 g/mol. The molecule has 0 bridgehead atoms. The third-order valence-corrected chi connectivity index (χ3v) is 3.55. The molecule has 0 fully saturated rings. The highest BCUT2D eigenvalue weighted by Crippen LogP contribution is 2.25. The van der Waals surface area contributed by atoms with Gasteiger partial charge in [0, 0.05) is 11.4 Å². The van der Waals surface area contributed by atoms with E-state index < -0.39 is 0 Å². The smallest absolute Gasteiger partial charge is 0.228 e. The maximum atomic E-state index is 5.67. The summed E-state index contributed by atoms with van der Waals surface area (Å²) in [6.07, 6.45) is 1.90. The number of nitrogens with two attached hydrogens (primary N) is 1. The molecule has 1 aromatic heterocycles. The molecule has 1 aromatic carbocycles. The Hall–Kier alpha value is -2.01. The van der Waals surface area contributed by atoms with Crippen LogP contribution in [-0.2, 0) is 12.8 Å². The number of rotatable bonds is 5. The minimum atomic E-state index is 0.281. The molecular formula is C16H20N4S. The number of nitrogens with zero attached hydrogens (tertiary/aromatic N) is 2. The predicted octanol–water partition coefficient (Wildman–Crippen LogP) is 3.29. The zero-order valence-electron chi connectivity index (χ0n) is 12.6. The summed E-state index contributed by atoms with van der Waals surface area (Å²) in [6.45, 7) is 6.18. The highest BCUT2D eigenvalue weighted by Gasteiger charge is 2.10. The molecule has 3 N–H and O–H groups in total. The molecule has 0 saturated heterocycles. The quantitative estimate of drug-likeness (QED) is 0.830. The number of nitrogens with one attached hydrogen (secondary N) is 1. The normalized spacial score (nSPS) is 10.4. The molecule has 4 nitrogen and oxygen atoms in total. The van der Waals surface area contributed by atoms with E-state index in [9.17, 15) is 0 Å². The third-order valence-electron chi connectivity index (χ3n) is 3.34. The fourth-order valence-electron chi connectivity index (χ4n) is 2.27. The number of aryl methyl sites for hydroxylation is 3. The lowest BCUT2D eigenvalue weighted by Gasteiger charge is -2.15. The summed E-state index contributed by atoms with van der Waals surface area (Å²) in [6, 6.07) is 8.11. The SMILES string of the molecule is CCc1cccc(CC)c1Nc1nc(C)cc(C(N)=S)n1. The van der Waals surface area contributed by atoms with Crippen molar-refractivity contribution in [3.05, 3.63) is 46.8 Å². The summed E-state index contributed by atoms with van der Waals surface area (Å²) in [5, 5.41) is 3.34. The van der Waals surface area contributed by atoms with Crippen LogP contribution in [0.2, 0.25) is 0 Å². The Bertz CT molecular complexity index is 645. The van der Waals surface area contributed by atoms with Crippen molar-refractivity contribution >= 4 is 28.8 Å². The van der Waals surface area contributed by atoms with Crippen LogP contribution in [0.4, 0.5) is 11.6 Å². The van der Waals surface area contributed by atoms with Crippen LogP contribution in [-0.4, -0.2) is 15.0 Å². The predicted molar refractivity (Wildman–Crippen MR) is 91.1 cm³/mol. The highest BCUT2D eigenvalue weighted by molar-refractivity contribution is 7.80. The molecule has 0 aliphatic carbocycles. The fraction of sp³-hybridized carbons (Fsp3) is 0.312. The van der Waals surface area contributed by atoms with Crippen LogP contribution in [0.15, 0.2) is 24.3 Å². The highest BCUT2D eigenvalue weighted by atomic mass is 32.1. The molecule has 0 saturated carbocycles. The van der Waals surface area contributed by atoms with Crippen LogP contribution in [0.1, 0.15) is 36.4 Å². The van der Waals surface area contributed by atoms with Crippen molar-refractivity contribution < 1.29 is 0 Å². The van der Waals surface area contributed by atoms with Crippen LogP contribution in [0.25, 0.3) is 0 Å². The number of anilines is 2. The van der Waals surface area contributed by atoms with E-state index in [-0.39, 0.29) is 4.99 Å². The number of aromatic nitrogens is 2. The van der Waals surface area contributed by atoms with E-state index >= 15 is 0 Å². The van der Waals surface area contributed by atoms with E-state index in [0.29, 0.717) is 11.6 Å². The zero-order chi connectivity index (χ0) is 15.4. The summed E-state index contributed by atoms with van der Waals surface area (Å²) >= 11 is 5.00. The second kappa shape index (κ2) is 6.63. The number of para-hydroxylation sites is 1. The Morgan fingerprint density at radius 1 is 1.19 bits per heavy atom. The molecule has 2 rings (SSSR count). The molecule has 0 atom stereocenters. The second-order valence-corrected chi connectivity index (χ2v) is 5.31. The molecule has 0 amide bonds. The minimum Gasteiger partial charge on any atom is -0.388 e. The first-order valence-corrected chi connectivity index (χ1v) is 7.49. The lowest BCUT2D eigenvalue weighted by molar-refractivity contribution is 1.06. The van der Waals surface area contributed by atoms with Gasteiger partial charge in [-0.2, -0.15) is 0 Å². The zero-order valence-corrected chi connectivity index (χ0v) is 13.4. The van der Waals surface area contributed by atoms with Gasteiger partial charge in [0.1, 0.15) is 10.7 Å². The van der Waals surface area contributed by atoms with Crippen molar-refractivity contribution in [3.8, 4) is 0 Å². The number of benzene rings is 1. The van der Waals surface area contributed by atoms with E-state index in [1.807, 2.05) is 6.92 Å². The first kappa shape index (κ1) is 15.4. The van der Waals surface area contributed by atoms with Crippen LogP contribution < -0.4 is 11.1 Å². The molecule has 5 heteroatoms. The molecule has 110 valence electrons. The first-order chi connectivity index (χ1) is 10.0. The lowest BCUT2D eigenvalue weighted by Crippen LogP contribution is -2.14. The van der Waals surface area contributed by atoms with Gasteiger partial charge in [-0.25, -0.2) is 9.97 Å². The largest absolute Gasteiger partial charge is 0.388 e. The van der Waals surface area contributed by atoms with Gasteiger partial charge in [-0.15, -0.1) is 0 Å². The van der Waals surface area contributed by atoms with Crippen LogP contribution in [0, 0.1) is 6.92 Å². The molecule has 2 aromatic rings. The Balaban J connectivity index is 2.45. The van der Waals surface area contributed by atoms with Gasteiger partial charge >= 0.3 is 0 Å². The summed E-state index contributed by atoms with van der Waals surface area (Å²) in [7, 11) is 0. The summed E-state index contributed by atoms with van der Waals surface area (Å²) in [4.78, 5) is 9.10. The Kier molecular flexibility index (Phi) is 4.85. The number of thiocarbonyl (C=S) groups is 1. The molecule has 0 aliphatic rings. The van der Waals surface area contributed by atoms with Crippen molar-refractivity contribution in [2.75, 3.05) is 5.32 Å². The Morgan fingerprint density at radius 3 is 2.33 bits per heavy atom. The van der Waals surface area contributed by atoms with Gasteiger partial charge in [0.2, 0.25) is 5.95 Å². The van der Waals surface area contributed by atoms with E-state index in [0.717, 1.165) is 24.2 Å². The van der Waals surface area contributed by atoms with Crippen LogP contribution >= 0.6 is 12.2 Å². The van der Waals surface area contributed by atoms with Crippen molar-refractivity contribution in [2.45, 2.75) is 33.6 Å². The van der Waals surface area contributed by atoms with Gasteiger partial charge in [0.15, 0.2) is 0 Å². The van der Waals surface area contributed by atoms with Crippen molar-refractivity contribution in [1.29, 1.82) is 0 Å². The molecule has 0 aliphatic heterocycles. The van der Waals surface area contributed by atoms with Crippen LogP contribution in [0.3, 0.4) is 0 Å². The van der Waals surface area contributed by atoms with Gasteiger partial charge in [-0.1, -0.05) is 44.3 Å². The van der Waals surface area contributed by atoms with Gasteiger partial charge in [0.05, 0.1) is 0 Å². The molecular weight excluding hydrogens is 280 g/mol. The van der Waals surface area contributed by atoms with Crippen LogP contribution in [0.5, 0.6) is 0 Å².